The Labute approximate surface area is 246 Å². The molecule has 5 rings (SSSR count). The van der Waals surface area contributed by atoms with E-state index < -0.39 is 29.1 Å². The summed E-state index contributed by atoms with van der Waals surface area (Å²) in [6.07, 6.45) is -1.14. The monoisotopic (exact) mass is 595 g/mol. The number of nitrogens with zero attached hydrogens (tertiary/aromatic N) is 1. The molecule has 1 saturated heterocycles. The largest absolute Gasteiger partial charge is 0.497 e. The summed E-state index contributed by atoms with van der Waals surface area (Å²) in [5.41, 5.74) is 0.840. The topological polar surface area (TPSA) is 78.2 Å². The molecule has 0 unspecified atom stereocenters. The Kier molecular flexibility index (Phi) is 8.77. The Morgan fingerprint density at radius 2 is 1.58 bits per heavy atom. The molecule has 0 saturated carbocycles. The van der Waals surface area contributed by atoms with Gasteiger partial charge in [-0.15, -0.1) is 0 Å². The third-order valence-electron chi connectivity index (χ3n) is 7.64. The van der Waals surface area contributed by atoms with E-state index in [4.69, 9.17) is 18.6 Å². The molecule has 1 aliphatic heterocycles. The summed E-state index contributed by atoms with van der Waals surface area (Å²) in [5, 5.41) is -0.110. The fourth-order valence-corrected chi connectivity index (χ4v) is 5.10. The minimum Gasteiger partial charge on any atom is -0.497 e. The van der Waals surface area contributed by atoms with Gasteiger partial charge in [-0.3, -0.25) is 9.69 Å². The molecule has 3 aromatic carbocycles. The number of benzene rings is 3. The van der Waals surface area contributed by atoms with Crippen LogP contribution < -0.4 is 19.6 Å². The van der Waals surface area contributed by atoms with E-state index in [-0.39, 0.29) is 40.1 Å². The van der Waals surface area contributed by atoms with Gasteiger partial charge in [0.2, 0.25) is 11.2 Å². The first kappa shape index (κ1) is 30.2. The molecule has 0 spiro atoms. The third kappa shape index (κ3) is 6.69. The van der Waals surface area contributed by atoms with Gasteiger partial charge < -0.3 is 18.6 Å². The van der Waals surface area contributed by atoms with Crippen molar-refractivity contribution in [2.75, 3.05) is 20.2 Å². The number of aryl methyl sites for hydroxylation is 2. The molecule has 0 aliphatic carbocycles. The van der Waals surface area contributed by atoms with E-state index in [1.54, 1.807) is 31.2 Å². The van der Waals surface area contributed by atoms with Crippen molar-refractivity contribution in [2.24, 2.45) is 0 Å². The molecule has 0 bridgehead atoms. The Morgan fingerprint density at radius 1 is 0.907 bits per heavy atom. The number of alkyl halides is 3. The van der Waals surface area contributed by atoms with Crippen molar-refractivity contribution in [1.29, 1.82) is 0 Å². The number of halogens is 3. The molecule has 4 aromatic rings. The molecule has 0 radical (unpaired) electrons. The summed E-state index contributed by atoms with van der Waals surface area (Å²) in [6.45, 7) is 5.18. The molecular formula is C33H32F3NO6. The molecule has 1 aliphatic rings. The van der Waals surface area contributed by atoms with Gasteiger partial charge in [0.1, 0.15) is 22.8 Å². The zero-order valence-corrected chi connectivity index (χ0v) is 24.2. The number of likely N-dealkylation sites (tertiary alicyclic amines) is 1. The van der Waals surface area contributed by atoms with Gasteiger partial charge in [0.15, 0.2) is 0 Å². The Morgan fingerprint density at radius 3 is 2.21 bits per heavy atom. The van der Waals surface area contributed by atoms with Crippen LogP contribution in [0.15, 0.2) is 63.8 Å². The Bertz CT molecular complexity index is 1690. The molecule has 226 valence electrons. The average Bonchev–Trinajstić information content (AvgIpc) is 3.25. The summed E-state index contributed by atoms with van der Waals surface area (Å²) in [7, 11) is 1.50. The second-order valence-electron chi connectivity index (χ2n) is 10.7. The highest BCUT2D eigenvalue weighted by molar-refractivity contribution is 5.92. The number of rotatable bonds is 7. The highest BCUT2D eigenvalue weighted by Gasteiger charge is 2.41. The minimum absolute atomic E-state index is 0.0108. The molecule has 43 heavy (non-hydrogen) atoms. The lowest BCUT2D eigenvalue weighted by Crippen LogP contribution is -2.25. The fourth-order valence-electron chi connectivity index (χ4n) is 5.10. The summed E-state index contributed by atoms with van der Waals surface area (Å²) in [4.78, 5) is 28.8. The lowest BCUT2D eigenvalue weighted by Gasteiger charge is -2.22. The molecular weight excluding hydrogens is 563 g/mol. The van der Waals surface area contributed by atoms with Gasteiger partial charge in [0.05, 0.1) is 23.6 Å². The van der Waals surface area contributed by atoms with Crippen LogP contribution in [0.3, 0.4) is 0 Å². The van der Waals surface area contributed by atoms with Gasteiger partial charge in [0, 0.05) is 6.54 Å². The van der Waals surface area contributed by atoms with Crippen LogP contribution in [0.4, 0.5) is 13.2 Å². The lowest BCUT2D eigenvalue weighted by atomic mass is 10.1. The van der Waals surface area contributed by atoms with Crippen LogP contribution in [-0.2, 0) is 12.7 Å². The molecule has 7 nitrogen and oxygen atoms in total. The maximum Gasteiger partial charge on any atom is 0.453 e. The number of methoxy groups -OCH3 is 1. The molecule has 0 amide bonds. The van der Waals surface area contributed by atoms with Crippen molar-refractivity contribution in [3.63, 3.8) is 0 Å². The number of fused-ring (bicyclic) bond motifs is 1. The van der Waals surface area contributed by atoms with Crippen molar-refractivity contribution in [1.82, 2.24) is 4.90 Å². The molecule has 0 atom stereocenters. The highest BCUT2D eigenvalue weighted by atomic mass is 19.4. The number of ether oxygens (including phenoxy) is 3. The highest BCUT2D eigenvalue weighted by Crippen LogP contribution is 2.40. The first-order chi connectivity index (χ1) is 20.5. The summed E-state index contributed by atoms with van der Waals surface area (Å²) < 4.78 is 65.2. The van der Waals surface area contributed by atoms with E-state index in [9.17, 15) is 22.8 Å². The second-order valence-corrected chi connectivity index (χ2v) is 10.7. The van der Waals surface area contributed by atoms with Crippen LogP contribution in [0.5, 0.6) is 23.0 Å². The average molecular weight is 596 g/mol. The van der Waals surface area contributed by atoms with Crippen molar-refractivity contribution < 1.29 is 36.6 Å². The number of carbonyl (C=O) groups excluding carboxylic acids is 1. The number of esters is 1. The molecule has 1 aromatic heterocycles. The van der Waals surface area contributed by atoms with Crippen LogP contribution in [-0.4, -0.2) is 31.1 Å². The van der Waals surface area contributed by atoms with Gasteiger partial charge in [-0.25, -0.2) is 4.79 Å². The summed E-state index contributed by atoms with van der Waals surface area (Å²) >= 11 is 0. The van der Waals surface area contributed by atoms with E-state index >= 15 is 0 Å². The zero-order valence-electron chi connectivity index (χ0n) is 24.2. The van der Waals surface area contributed by atoms with Gasteiger partial charge in [0.25, 0.3) is 5.76 Å². The Balaban J connectivity index is 1.64. The zero-order chi connectivity index (χ0) is 30.7. The molecule has 10 heteroatoms. The summed E-state index contributed by atoms with van der Waals surface area (Å²) in [6, 6.07) is 13.7. The third-order valence-corrected chi connectivity index (χ3v) is 7.64. The second kappa shape index (κ2) is 12.5. The van der Waals surface area contributed by atoms with Gasteiger partial charge in [-0.2, -0.15) is 13.2 Å². The smallest absolute Gasteiger partial charge is 0.453 e. The number of carbonyl (C=O) groups is 1. The van der Waals surface area contributed by atoms with Crippen molar-refractivity contribution in [3.05, 3.63) is 92.8 Å². The number of hydrogen-bond acceptors (Lipinski definition) is 7. The minimum atomic E-state index is -5.04. The molecule has 0 N–H and O–H groups in total. The van der Waals surface area contributed by atoms with Crippen molar-refractivity contribution in [2.45, 2.75) is 52.3 Å². The maximum absolute atomic E-state index is 14.4. The van der Waals surface area contributed by atoms with Crippen molar-refractivity contribution >= 4 is 16.9 Å². The van der Waals surface area contributed by atoms with Crippen molar-refractivity contribution in [3.8, 4) is 23.0 Å². The standard InChI is InChI=1S/C33H32F3NO6/c1-20-8-11-24(18-21(20)2)41-30-28(38)25-14-15-27(42-32(39)22-9-12-23(40-3)13-10-22)26(19-37-16-6-4-5-7-17-37)29(25)43-31(30)33(34,35)36/h8-15,18H,4-7,16-17,19H2,1-3H3. The number of hydrogen-bond donors (Lipinski definition) is 0. The Hall–Kier alpha value is -4.31. The van der Waals surface area contributed by atoms with Crippen LogP contribution in [0.1, 0.15) is 58.5 Å². The normalized spacial score (nSPS) is 14.4. The molecule has 1 fully saturated rings. The van der Waals surface area contributed by atoms with E-state index in [2.05, 4.69) is 4.90 Å². The predicted octanol–water partition coefficient (Wildman–Crippen LogP) is 7.82. The first-order valence-electron chi connectivity index (χ1n) is 14.1. The molecule has 2 heterocycles. The van der Waals surface area contributed by atoms with Crippen LogP contribution in [0.2, 0.25) is 0 Å². The van der Waals surface area contributed by atoms with Crippen LogP contribution in [0, 0.1) is 13.8 Å². The van der Waals surface area contributed by atoms with E-state index in [0.717, 1.165) is 36.8 Å². The fraction of sp³-hybridized carbons (Fsp3) is 0.333. The summed E-state index contributed by atoms with van der Waals surface area (Å²) in [5.74, 6) is -2.59. The first-order valence-corrected chi connectivity index (χ1v) is 14.1. The maximum atomic E-state index is 14.4. The van der Waals surface area contributed by atoms with E-state index in [1.807, 2.05) is 6.92 Å². The van der Waals surface area contributed by atoms with E-state index in [1.165, 1.54) is 37.4 Å². The van der Waals surface area contributed by atoms with Gasteiger partial charge >= 0.3 is 12.1 Å². The van der Waals surface area contributed by atoms with E-state index in [0.29, 0.717) is 18.8 Å². The quantitative estimate of drug-likeness (QED) is 0.159. The van der Waals surface area contributed by atoms with Gasteiger partial charge in [-0.1, -0.05) is 18.9 Å². The van der Waals surface area contributed by atoms with Crippen LogP contribution in [0.25, 0.3) is 11.0 Å². The van der Waals surface area contributed by atoms with Gasteiger partial charge in [-0.05, 0) is 99.4 Å². The lowest BCUT2D eigenvalue weighted by molar-refractivity contribution is -0.154. The van der Waals surface area contributed by atoms with Crippen LogP contribution >= 0.6 is 0 Å². The SMILES string of the molecule is COc1ccc(C(=O)Oc2ccc3c(=O)c(Oc4ccc(C)c(C)c4)c(C(F)(F)F)oc3c2CN2CCCCCC2)cc1. The predicted molar refractivity (Wildman–Crippen MR) is 155 cm³/mol.